The summed E-state index contributed by atoms with van der Waals surface area (Å²) in [4.78, 5) is 0.334. The van der Waals surface area contributed by atoms with Gasteiger partial charge in [0.2, 0.25) is 9.84 Å². The molecular weight excluding hydrogens is 251 g/mol. The van der Waals surface area contributed by atoms with Crippen LogP contribution in [0.3, 0.4) is 0 Å². The molecule has 6 heteroatoms. The summed E-state index contributed by atoms with van der Waals surface area (Å²) in [6.45, 7) is 0. The number of sulfone groups is 1. The summed E-state index contributed by atoms with van der Waals surface area (Å²) in [6.07, 6.45) is 0. The van der Waals surface area contributed by atoms with Gasteiger partial charge in [-0.2, -0.15) is 0 Å². The van der Waals surface area contributed by atoms with Crippen LogP contribution < -0.4 is 5.46 Å². The average Bonchev–Trinajstić information content (AvgIpc) is 2.40. The van der Waals surface area contributed by atoms with Crippen molar-refractivity contribution in [3.05, 3.63) is 54.6 Å². The van der Waals surface area contributed by atoms with E-state index in [1.165, 1.54) is 36.4 Å². The molecule has 0 bridgehead atoms. The number of hydrogen-bond donors (Lipinski definition) is 2. The molecule has 0 radical (unpaired) electrons. The molecule has 0 aliphatic heterocycles. The topological polar surface area (TPSA) is 74.6 Å². The first kappa shape index (κ1) is 12.8. The molecule has 0 saturated carbocycles. The van der Waals surface area contributed by atoms with Crippen molar-refractivity contribution in [1.82, 2.24) is 0 Å². The van der Waals surface area contributed by atoms with Gasteiger partial charge in [-0.3, -0.25) is 0 Å². The summed E-state index contributed by atoms with van der Waals surface area (Å²) in [5, 5.41) is 17.9. The van der Waals surface area contributed by atoms with Crippen LogP contribution in [0.15, 0.2) is 64.4 Å². The molecule has 18 heavy (non-hydrogen) atoms. The second-order valence-corrected chi connectivity index (χ2v) is 5.71. The molecule has 2 N–H and O–H groups in total. The smallest absolute Gasteiger partial charge is 0.423 e. The molecule has 0 heterocycles. The minimum atomic E-state index is -3.54. The maximum absolute atomic E-state index is 12.2. The Morgan fingerprint density at radius 1 is 0.778 bits per heavy atom. The third kappa shape index (κ3) is 2.45. The van der Waals surface area contributed by atoms with Crippen molar-refractivity contribution in [3.8, 4) is 0 Å². The second-order valence-electron chi connectivity index (χ2n) is 3.76. The Hall–Kier alpha value is -1.63. The summed E-state index contributed by atoms with van der Waals surface area (Å²) < 4.78 is 24.4. The zero-order valence-corrected chi connectivity index (χ0v) is 10.2. The van der Waals surface area contributed by atoms with Crippen LogP contribution in [-0.2, 0) is 9.84 Å². The van der Waals surface area contributed by atoms with Gasteiger partial charge in [0.25, 0.3) is 0 Å². The maximum atomic E-state index is 12.2. The Morgan fingerprint density at radius 3 is 1.78 bits per heavy atom. The normalized spacial score (nSPS) is 11.2. The summed E-state index contributed by atoms with van der Waals surface area (Å²) >= 11 is 0. The minimum Gasteiger partial charge on any atom is -0.423 e. The molecule has 0 amide bonds. The van der Waals surface area contributed by atoms with E-state index in [9.17, 15) is 8.42 Å². The molecule has 0 fully saturated rings. The van der Waals surface area contributed by atoms with Crippen LogP contribution in [0.4, 0.5) is 0 Å². The molecule has 92 valence electrons. The van der Waals surface area contributed by atoms with Crippen molar-refractivity contribution in [2.45, 2.75) is 9.79 Å². The first-order valence-electron chi connectivity index (χ1n) is 5.28. The molecule has 0 aromatic heterocycles. The molecule has 2 aromatic carbocycles. The van der Waals surface area contributed by atoms with Gasteiger partial charge >= 0.3 is 7.12 Å². The molecule has 0 atom stereocenters. The van der Waals surface area contributed by atoms with Crippen molar-refractivity contribution in [2.75, 3.05) is 0 Å². The van der Waals surface area contributed by atoms with E-state index < -0.39 is 17.0 Å². The van der Waals surface area contributed by atoms with Gasteiger partial charge in [0.05, 0.1) is 9.79 Å². The fourth-order valence-electron chi connectivity index (χ4n) is 1.55. The maximum Gasteiger partial charge on any atom is 0.488 e. The highest BCUT2D eigenvalue weighted by molar-refractivity contribution is 7.91. The molecule has 2 aromatic rings. The Labute approximate surface area is 106 Å². The third-order valence-corrected chi connectivity index (χ3v) is 4.33. The van der Waals surface area contributed by atoms with Crippen LogP contribution >= 0.6 is 0 Å². The first-order chi connectivity index (χ1) is 8.51. The summed E-state index contributed by atoms with van der Waals surface area (Å²) in [6, 6.07) is 13.5. The highest BCUT2D eigenvalue weighted by atomic mass is 32.2. The molecule has 0 unspecified atom stereocenters. The van der Waals surface area contributed by atoms with E-state index in [0.29, 0.717) is 0 Å². The van der Waals surface area contributed by atoms with Crippen molar-refractivity contribution < 1.29 is 18.5 Å². The van der Waals surface area contributed by atoms with Crippen LogP contribution in [0, 0.1) is 0 Å². The van der Waals surface area contributed by atoms with E-state index >= 15 is 0 Å². The van der Waals surface area contributed by atoms with Crippen molar-refractivity contribution in [1.29, 1.82) is 0 Å². The number of rotatable bonds is 3. The lowest BCUT2D eigenvalue weighted by molar-refractivity contribution is 0.425. The van der Waals surface area contributed by atoms with E-state index in [2.05, 4.69) is 0 Å². The third-order valence-electron chi connectivity index (χ3n) is 2.54. The molecule has 0 saturated heterocycles. The van der Waals surface area contributed by atoms with Gasteiger partial charge in [-0.05, 0) is 29.7 Å². The van der Waals surface area contributed by atoms with Gasteiger partial charge in [0.15, 0.2) is 0 Å². The quantitative estimate of drug-likeness (QED) is 0.775. The van der Waals surface area contributed by atoms with E-state index in [1.54, 1.807) is 18.2 Å². The van der Waals surface area contributed by atoms with Gasteiger partial charge < -0.3 is 10.0 Å². The zero-order chi connectivity index (χ0) is 13.2. The Morgan fingerprint density at radius 2 is 1.28 bits per heavy atom. The number of benzene rings is 2. The highest BCUT2D eigenvalue weighted by Gasteiger charge is 2.18. The standard InChI is InChI=1S/C12H11BO4S/c14-13(15)10-6-8-12(9-7-10)18(16,17)11-4-2-1-3-5-11/h1-9,14-15H. The van der Waals surface area contributed by atoms with Gasteiger partial charge in [-0.15, -0.1) is 0 Å². The Kier molecular flexibility index (Phi) is 3.51. The van der Waals surface area contributed by atoms with E-state index in [0.717, 1.165) is 0 Å². The largest absolute Gasteiger partial charge is 0.488 e. The predicted molar refractivity (Wildman–Crippen MR) is 68.2 cm³/mol. The van der Waals surface area contributed by atoms with Crippen LogP contribution in [0.2, 0.25) is 0 Å². The van der Waals surface area contributed by atoms with Crippen molar-refractivity contribution >= 4 is 22.4 Å². The SMILES string of the molecule is O=S(=O)(c1ccccc1)c1ccc(B(O)O)cc1. The van der Waals surface area contributed by atoms with Gasteiger partial charge in [0, 0.05) is 0 Å². The second kappa shape index (κ2) is 4.93. The Bertz CT molecular complexity index is 621. The fourth-order valence-corrected chi connectivity index (χ4v) is 2.84. The predicted octanol–water partition coefficient (Wildman–Crippen LogP) is 0.199. The zero-order valence-electron chi connectivity index (χ0n) is 9.39. The van der Waals surface area contributed by atoms with Crippen LogP contribution in [0.25, 0.3) is 0 Å². The Balaban J connectivity index is 2.43. The number of hydrogen-bond acceptors (Lipinski definition) is 4. The summed E-state index contributed by atoms with van der Waals surface area (Å²) in [5.41, 5.74) is 0.252. The van der Waals surface area contributed by atoms with Crippen LogP contribution in [0.1, 0.15) is 0 Å². The van der Waals surface area contributed by atoms with Crippen LogP contribution in [-0.4, -0.2) is 25.6 Å². The molecule has 0 spiro atoms. The lowest BCUT2D eigenvalue weighted by atomic mass is 9.81. The molecular formula is C12H11BO4S. The molecule has 0 aliphatic rings. The monoisotopic (exact) mass is 262 g/mol. The lowest BCUT2D eigenvalue weighted by Crippen LogP contribution is -2.29. The van der Waals surface area contributed by atoms with Gasteiger partial charge in [0.1, 0.15) is 0 Å². The lowest BCUT2D eigenvalue weighted by Gasteiger charge is -2.05. The van der Waals surface area contributed by atoms with Crippen molar-refractivity contribution in [3.63, 3.8) is 0 Å². The van der Waals surface area contributed by atoms with Crippen molar-refractivity contribution in [2.24, 2.45) is 0 Å². The molecule has 0 aliphatic carbocycles. The van der Waals surface area contributed by atoms with Gasteiger partial charge in [-0.1, -0.05) is 30.3 Å². The highest BCUT2D eigenvalue weighted by Crippen LogP contribution is 2.19. The summed E-state index contributed by atoms with van der Waals surface area (Å²) in [7, 11) is -5.14. The first-order valence-corrected chi connectivity index (χ1v) is 6.76. The van der Waals surface area contributed by atoms with E-state index in [4.69, 9.17) is 10.0 Å². The van der Waals surface area contributed by atoms with Crippen LogP contribution in [0.5, 0.6) is 0 Å². The molecule has 2 rings (SSSR count). The average molecular weight is 262 g/mol. The van der Waals surface area contributed by atoms with E-state index in [1.807, 2.05) is 0 Å². The van der Waals surface area contributed by atoms with E-state index in [-0.39, 0.29) is 15.3 Å². The fraction of sp³-hybridized carbons (Fsp3) is 0. The molecule has 4 nitrogen and oxygen atoms in total. The van der Waals surface area contributed by atoms with Gasteiger partial charge in [-0.25, -0.2) is 8.42 Å². The minimum absolute atomic E-state index is 0.123. The summed E-state index contributed by atoms with van der Waals surface area (Å²) in [5.74, 6) is 0.